The number of ether oxygens (including phenoxy) is 1. The lowest BCUT2D eigenvalue weighted by atomic mass is 10.1. The van der Waals surface area contributed by atoms with Crippen LogP contribution in [0.2, 0.25) is 0 Å². The fourth-order valence-electron chi connectivity index (χ4n) is 1.58. The molecule has 0 bridgehead atoms. The van der Waals surface area contributed by atoms with Crippen LogP contribution in [0.15, 0.2) is 0 Å². The van der Waals surface area contributed by atoms with Gasteiger partial charge in [-0.2, -0.15) is 0 Å². The number of hydrogen-bond donors (Lipinski definition) is 1. The number of carbonyl (C=O) groups is 1. The maximum atomic E-state index is 11.2. The number of halogens is 1. The highest BCUT2D eigenvalue weighted by atomic mass is 79.9. The van der Waals surface area contributed by atoms with Crippen LogP contribution in [0.5, 0.6) is 0 Å². The molecule has 16 heavy (non-hydrogen) atoms. The Morgan fingerprint density at radius 1 is 1.50 bits per heavy atom. The molecule has 1 unspecified atom stereocenters. The Morgan fingerprint density at radius 3 is 2.56 bits per heavy atom. The fraction of sp³-hybridized carbons (Fsp3) is 0.889. The summed E-state index contributed by atoms with van der Waals surface area (Å²) >= 11 is 3.20. The van der Waals surface area contributed by atoms with Gasteiger partial charge < -0.3 is 10.1 Å². The van der Waals surface area contributed by atoms with E-state index >= 15 is 0 Å². The quantitative estimate of drug-likeness (QED) is 0.588. The summed E-state index contributed by atoms with van der Waals surface area (Å²) in [4.78, 5) is 10.7. The first-order valence-electron chi connectivity index (χ1n) is 5.10. The SMILES string of the molecule is COC(=O)C(Br)CNC1CCS(=O)(=O)CC1. The summed E-state index contributed by atoms with van der Waals surface area (Å²) in [5, 5.41) is 3.16. The topological polar surface area (TPSA) is 72.5 Å². The van der Waals surface area contributed by atoms with Crippen LogP contribution in [0.25, 0.3) is 0 Å². The zero-order chi connectivity index (χ0) is 12.2. The van der Waals surface area contributed by atoms with Crippen LogP contribution in [-0.4, -0.2) is 50.4 Å². The van der Waals surface area contributed by atoms with Gasteiger partial charge in [0.25, 0.3) is 0 Å². The number of alkyl halides is 1. The molecular weight excluding hydrogens is 298 g/mol. The van der Waals surface area contributed by atoms with Crippen molar-refractivity contribution >= 4 is 31.7 Å². The molecule has 0 aromatic heterocycles. The van der Waals surface area contributed by atoms with Crippen LogP contribution in [0.1, 0.15) is 12.8 Å². The molecule has 0 aromatic carbocycles. The predicted octanol–water partition coefficient (Wildman–Crippen LogP) is 0.0897. The third-order valence-corrected chi connectivity index (χ3v) is 5.01. The normalized spacial score (nSPS) is 22.6. The van der Waals surface area contributed by atoms with Crippen molar-refractivity contribution in [1.29, 1.82) is 0 Å². The third-order valence-electron chi connectivity index (χ3n) is 2.60. The minimum absolute atomic E-state index is 0.174. The number of carbonyl (C=O) groups excluding carboxylic acids is 1. The van der Waals surface area contributed by atoms with Crippen molar-refractivity contribution < 1.29 is 17.9 Å². The van der Waals surface area contributed by atoms with E-state index in [0.717, 1.165) is 0 Å². The summed E-state index contributed by atoms with van der Waals surface area (Å²) in [5.41, 5.74) is 0. The second-order valence-corrected chi connectivity index (χ2v) is 7.23. The summed E-state index contributed by atoms with van der Waals surface area (Å²) in [7, 11) is -1.48. The summed E-state index contributed by atoms with van der Waals surface area (Å²) in [6, 6.07) is 0.174. The second kappa shape index (κ2) is 5.97. The molecule has 1 aliphatic heterocycles. The van der Waals surface area contributed by atoms with Gasteiger partial charge in [0.1, 0.15) is 14.7 Å². The lowest BCUT2D eigenvalue weighted by Gasteiger charge is -2.23. The zero-order valence-corrected chi connectivity index (χ0v) is 11.5. The Kier molecular flexibility index (Phi) is 5.20. The van der Waals surface area contributed by atoms with Crippen LogP contribution < -0.4 is 5.32 Å². The van der Waals surface area contributed by atoms with E-state index in [9.17, 15) is 13.2 Å². The van der Waals surface area contributed by atoms with E-state index in [-0.39, 0.29) is 28.3 Å². The average molecular weight is 314 g/mol. The van der Waals surface area contributed by atoms with Gasteiger partial charge >= 0.3 is 5.97 Å². The maximum absolute atomic E-state index is 11.2. The lowest BCUT2D eigenvalue weighted by molar-refractivity contribution is -0.139. The van der Waals surface area contributed by atoms with Gasteiger partial charge in [-0.1, -0.05) is 15.9 Å². The Bertz CT molecular complexity index is 329. The van der Waals surface area contributed by atoms with Crippen LogP contribution in [0.3, 0.4) is 0 Å². The van der Waals surface area contributed by atoms with Crippen molar-refractivity contribution in [3.63, 3.8) is 0 Å². The molecule has 94 valence electrons. The van der Waals surface area contributed by atoms with Crippen molar-refractivity contribution in [3.05, 3.63) is 0 Å². The standard InChI is InChI=1S/C9H16BrNO4S/c1-15-9(12)8(10)6-11-7-2-4-16(13,14)5-3-7/h7-8,11H,2-6H2,1H3. The summed E-state index contributed by atoms with van der Waals surface area (Å²) in [6.45, 7) is 0.456. The first-order chi connectivity index (χ1) is 7.44. The lowest BCUT2D eigenvalue weighted by Crippen LogP contribution is -2.41. The number of sulfone groups is 1. The van der Waals surface area contributed by atoms with E-state index in [1.54, 1.807) is 0 Å². The van der Waals surface area contributed by atoms with Crippen LogP contribution in [-0.2, 0) is 19.4 Å². The average Bonchev–Trinajstić information content (AvgIpc) is 2.26. The molecule has 0 spiro atoms. The fourth-order valence-corrected chi connectivity index (χ4v) is 3.44. The van der Waals surface area contributed by atoms with Crippen LogP contribution in [0, 0.1) is 0 Å². The highest BCUT2D eigenvalue weighted by Crippen LogP contribution is 2.12. The number of methoxy groups -OCH3 is 1. The first kappa shape index (κ1) is 13.9. The molecule has 1 saturated heterocycles. The molecule has 1 atom stereocenters. The van der Waals surface area contributed by atoms with Crippen molar-refractivity contribution in [2.45, 2.75) is 23.7 Å². The number of rotatable bonds is 4. The van der Waals surface area contributed by atoms with Gasteiger partial charge in [0.2, 0.25) is 0 Å². The van der Waals surface area contributed by atoms with Crippen molar-refractivity contribution in [2.75, 3.05) is 25.2 Å². The smallest absolute Gasteiger partial charge is 0.320 e. The van der Waals surface area contributed by atoms with E-state index in [4.69, 9.17) is 0 Å². The molecule has 1 N–H and O–H groups in total. The Labute approximate surface area is 104 Å². The van der Waals surface area contributed by atoms with E-state index in [0.29, 0.717) is 19.4 Å². The van der Waals surface area contributed by atoms with E-state index in [1.165, 1.54) is 7.11 Å². The monoisotopic (exact) mass is 313 g/mol. The Morgan fingerprint density at radius 2 is 2.06 bits per heavy atom. The van der Waals surface area contributed by atoms with Crippen molar-refractivity contribution in [1.82, 2.24) is 5.32 Å². The molecule has 0 amide bonds. The second-order valence-electron chi connectivity index (χ2n) is 3.83. The first-order valence-corrected chi connectivity index (χ1v) is 7.84. The van der Waals surface area contributed by atoms with Gasteiger partial charge in [-0.05, 0) is 12.8 Å². The van der Waals surface area contributed by atoms with E-state index < -0.39 is 9.84 Å². The molecule has 7 heteroatoms. The minimum Gasteiger partial charge on any atom is -0.468 e. The largest absolute Gasteiger partial charge is 0.468 e. The molecule has 0 saturated carbocycles. The Balaban J connectivity index is 2.27. The molecule has 1 fully saturated rings. The summed E-state index contributed by atoms with van der Waals surface area (Å²) in [6.07, 6.45) is 1.23. The van der Waals surface area contributed by atoms with Crippen molar-refractivity contribution in [2.24, 2.45) is 0 Å². The highest BCUT2D eigenvalue weighted by Gasteiger charge is 2.24. The van der Waals surface area contributed by atoms with Gasteiger partial charge in [0.05, 0.1) is 18.6 Å². The van der Waals surface area contributed by atoms with Gasteiger partial charge in [0, 0.05) is 12.6 Å². The van der Waals surface area contributed by atoms with E-state index in [1.807, 2.05) is 0 Å². The summed E-state index contributed by atoms with van der Waals surface area (Å²) in [5.74, 6) is 0.141. The minimum atomic E-state index is -2.82. The van der Waals surface area contributed by atoms with Gasteiger partial charge in [-0.25, -0.2) is 8.42 Å². The predicted molar refractivity (Wildman–Crippen MR) is 64.4 cm³/mol. The molecular formula is C9H16BrNO4S. The molecule has 1 heterocycles. The van der Waals surface area contributed by atoms with Gasteiger partial charge in [-0.15, -0.1) is 0 Å². The number of hydrogen-bond acceptors (Lipinski definition) is 5. The third kappa shape index (κ3) is 4.39. The number of esters is 1. The summed E-state index contributed by atoms with van der Waals surface area (Å²) < 4.78 is 26.9. The van der Waals surface area contributed by atoms with Crippen LogP contribution in [0.4, 0.5) is 0 Å². The maximum Gasteiger partial charge on any atom is 0.320 e. The molecule has 0 aromatic rings. The zero-order valence-electron chi connectivity index (χ0n) is 9.11. The van der Waals surface area contributed by atoms with Crippen LogP contribution >= 0.6 is 15.9 Å². The molecule has 1 rings (SSSR count). The molecule has 0 radical (unpaired) electrons. The molecule has 0 aliphatic carbocycles. The number of nitrogens with one attached hydrogen (secondary N) is 1. The van der Waals surface area contributed by atoms with Gasteiger partial charge in [-0.3, -0.25) is 4.79 Å². The Hall–Kier alpha value is -0.140. The molecule has 1 aliphatic rings. The molecule has 5 nitrogen and oxygen atoms in total. The van der Waals surface area contributed by atoms with E-state index in [2.05, 4.69) is 26.0 Å². The van der Waals surface area contributed by atoms with Crippen molar-refractivity contribution in [3.8, 4) is 0 Å². The van der Waals surface area contributed by atoms with Gasteiger partial charge in [0.15, 0.2) is 0 Å². The highest BCUT2D eigenvalue weighted by molar-refractivity contribution is 9.10.